The number of likely N-dealkylation sites (N-methyl/N-ethyl adjacent to an activating group) is 1. The van der Waals surface area contributed by atoms with Crippen LogP contribution in [0.2, 0.25) is 0 Å². The van der Waals surface area contributed by atoms with Gasteiger partial charge < -0.3 is 14.6 Å². The van der Waals surface area contributed by atoms with Crippen molar-refractivity contribution in [3.63, 3.8) is 0 Å². The highest BCUT2D eigenvalue weighted by atomic mass is 16.5. The van der Waals surface area contributed by atoms with Gasteiger partial charge in [-0.05, 0) is 83.8 Å². The first-order valence-corrected chi connectivity index (χ1v) is 14.4. The van der Waals surface area contributed by atoms with E-state index in [4.69, 9.17) is 9.47 Å². The summed E-state index contributed by atoms with van der Waals surface area (Å²) in [6.07, 6.45) is 3.65. The molecular weight excluding hydrogens is 510 g/mol. The van der Waals surface area contributed by atoms with Crippen LogP contribution in [0.15, 0.2) is 97.1 Å². The van der Waals surface area contributed by atoms with Crippen LogP contribution in [0.25, 0.3) is 0 Å². The van der Waals surface area contributed by atoms with Crippen molar-refractivity contribution in [3.8, 4) is 5.75 Å². The average Bonchev–Trinajstić information content (AvgIpc) is 3.17. The van der Waals surface area contributed by atoms with Crippen LogP contribution in [-0.4, -0.2) is 49.4 Å². The van der Waals surface area contributed by atoms with Gasteiger partial charge in [-0.2, -0.15) is 0 Å². The van der Waals surface area contributed by atoms with Crippen molar-refractivity contribution in [2.45, 2.75) is 44.2 Å². The number of aliphatic carboxylic acids is 1. The van der Waals surface area contributed by atoms with Crippen molar-refractivity contribution in [2.75, 3.05) is 27.3 Å². The molecule has 0 saturated heterocycles. The number of methoxy groups -OCH3 is 1. The molecule has 1 aliphatic carbocycles. The Balaban J connectivity index is 1.30. The van der Waals surface area contributed by atoms with Gasteiger partial charge in [-0.15, -0.1) is 0 Å². The summed E-state index contributed by atoms with van der Waals surface area (Å²) in [4.78, 5) is 13.7. The zero-order valence-electron chi connectivity index (χ0n) is 24.0. The molecule has 1 N–H and O–H groups in total. The van der Waals surface area contributed by atoms with Gasteiger partial charge in [0.1, 0.15) is 12.4 Å². The minimum atomic E-state index is -0.958. The Bertz CT molecular complexity index is 1430. The van der Waals surface area contributed by atoms with E-state index >= 15 is 0 Å². The number of hydrogen-bond acceptors (Lipinski definition) is 4. The van der Waals surface area contributed by atoms with E-state index in [0.717, 1.165) is 43.5 Å². The quantitative estimate of drug-likeness (QED) is 0.224. The Hall–Kier alpha value is -3.93. The van der Waals surface area contributed by atoms with Gasteiger partial charge in [0.25, 0.3) is 0 Å². The van der Waals surface area contributed by atoms with Crippen LogP contribution < -0.4 is 4.74 Å². The van der Waals surface area contributed by atoms with Crippen molar-refractivity contribution in [3.05, 3.63) is 136 Å². The molecule has 0 aromatic heterocycles. The van der Waals surface area contributed by atoms with Crippen molar-refractivity contribution in [2.24, 2.45) is 0 Å². The van der Waals surface area contributed by atoms with Gasteiger partial charge >= 0.3 is 5.97 Å². The van der Waals surface area contributed by atoms with Crippen LogP contribution in [0.3, 0.4) is 0 Å². The number of carboxylic acids is 1. The van der Waals surface area contributed by atoms with E-state index in [9.17, 15) is 9.90 Å². The van der Waals surface area contributed by atoms with E-state index in [2.05, 4.69) is 84.7 Å². The Labute approximate surface area is 243 Å². The molecule has 5 heteroatoms. The first kappa shape index (κ1) is 28.6. The van der Waals surface area contributed by atoms with Gasteiger partial charge in [0.2, 0.25) is 0 Å². The highest BCUT2D eigenvalue weighted by molar-refractivity contribution is 5.72. The number of ether oxygens (including phenoxy) is 2. The Morgan fingerprint density at radius 2 is 1.59 bits per heavy atom. The SMILES string of the molecule is COC(Cc1ccc(OCCN(C)C2c3ccccc3CCc3c(CCc4ccccc4)cccc32)cc1)C(=O)O. The zero-order chi connectivity index (χ0) is 28.6. The summed E-state index contributed by atoms with van der Waals surface area (Å²) in [5, 5.41) is 9.24. The molecule has 4 aromatic rings. The first-order chi connectivity index (χ1) is 20.0. The highest BCUT2D eigenvalue weighted by Crippen LogP contribution is 2.37. The number of rotatable bonds is 12. The molecule has 4 aromatic carbocycles. The molecule has 0 heterocycles. The molecule has 212 valence electrons. The maximum absolute atomic E-state index is 11.3. The largest absolute Gasteiger partial charge is 0.492 e. The first-order valence-electron chi connectivity index (χ1n) is 14.4. The maximum Gasteiger partial charge on any atom is 0.333 e. The number of benzene rings is 4. The molecule has 5 nitrogen and oxygen atoms in total. The van der Waals surface area contributed by atoms with E-state index in [1.54, 1.807) is 0 Å². The van der Waals surface area contributed by atoms with Gasteiger partial charge in [0.15, 0.2) is 6.10 Å². The second-order valence-electron chi connectivity index (χ2n) is 10.8. The van der Waals surface area contributed by atoms with Crippen molar-refractivity contribution >= 4 is 5.97 Å². The summed E-state index contributed by atoms with van der Waals surface area (Å²) in [7, 11) is 3.61. The predicted octanol–water partition coefficient (Wildman–Crippen LogP) is 6.31. The third-order valence-corrected chi connectivity index (χ3v) is 8.18. The molecule has 2 unspecified atom stereocenters. The van der Waals surface area contributed by atoms with Crippen LogP contribution in [-0.2, 0) is 41.6 Å². The minimum Gasteiger partial charge on any atom is -0.492 e. The molecule has 5 rings (SSSR count). The summed E-state index contributed by atoms with van der Waals surface area (Å²) in [5.74, 6) is -0.183. The monoisotopic (exact) mass is 549 g/mol. The second-order valence-corrected chi connectivity index (χ2v) is 10.8. The number of carbonyl (C=O) groups is 1. The maximum atomic E-state index is 11.3. The van der Waals surface area contributed by atoms with Gasteiger partial charge in [0, 0.05) is 20.1 Å². The zero-order valence-corrected chi connectivity index (χ0v) is 24.0. The fourth-order valence-corrected chi connectivity index (χ4v) is 5.95. The minimum absolute atomic E-state index is 0.161. The second kappa shape index (κ2) is 13.6. The predicted molar refractivity (Wildman–Crippen MR) is 163 cm³/mol. The normalized spacial score (nSPS) is 15.0. The van der Waals surface area contributed by atoms with Crippen LogP contribution >= 0.6 is 0 Å². The lowest BCUT2D eigenvalue weighted by molar-refractivity contribution is -0.148. The van der Waals surface area contributed by atoms with E-state index in [1.807, 2.05) is 24.3 Å². The van der Waals surface area contributed by atoms with Crippen molar-refractivity contribution in [1.29, 1.82) is 0 Å². The van der Waals surface area contributed by atoms with Gasteiger partial charge in [0.05, 0.1) is 6.04 Å². The highest BCUT2D eigenvalue weighted by Gasteiger charge is 2.28. The lowest BCUT2D eigenvalue weighted by atomic mass is 9.89. The van der Waals surface area contributed by atoms with E-state index in [-0.39, 0.29) is 6.04 Å². The Morgan fingerprint density at radius 1 is 0.854 bits per heavy atom. The molecule has 2 atom stereocenters. The molecular formula is C36H39NO4. The average molecular weight is 550 g/mol. The number of aryl methyl sites for hydroxylation is 3. The lowest BCUT2D eigenvalue weighted by Gasteiger charge is -2.31. The van der Waals surface area contributed by atoms with Gasteiger partial charge in [-0.1, -0.05) is 84.9 Å². The van der Waals surface area contributed by atoms with E-state index in [0.29, 0.717) is 13.0 Å². The summed E-state index contributed by atoms with van der Waals surface area (Å²) in [5.41, 5.74) is 9.42. The topological polar surface area (TPSA) is 59.0 Å². The molecule has 0 spiro atoms. The fourth-order valence-electron chi connectivity index (χ4n) is 5.95. The smallest absolute Gasteiger partial charge is 0.333 e. The molecule has 0 aliphatic heterocycles. The number of hydrogen-bond donors (Lipinski definition) is 1. The van der Waals surface area contributed by atoms with Gasteiger partial charge in [-0.25, -0.2) is 4.79 Å². The van der Waals surface area contributed by atoms with Crippen LogP contribution in [0.4, 0.5) is 0 Å². The van der Waals surface area contributed by atoms with E-state index in [1.165, 1.54) is 40.5 Å². The van der Waals surface area contributed by atoms with Crippen LogP contribution in [0.1, 0.15) is 45.0 Å². The summed E-state index contributed by atoms with van der Waals surface area (Å²) < 4.78 is 11.2. The van der Waals surface area contributed by atoms with Crippen molar-refractivity contribution < 1.29 is 19.4 Å². The molecule has 41 heavy (non-hydrogen) atoms. The van der Waals surface area contributed by atoms with Crippen LogP contribution in [0, 0.1) is 0 Å². The Morgan fingerprint density at radius 3 is 2.34 bits per heavy atom. The lowest BCUT2D eigenvalue weighted by Crippen LogP contribution is -2.30. The summed E-state index contributed by atoms with van der Waals surface area (Å²) in [6.45, 7) is 1.31. The third kappa shape index (κ3) is 7.05. The molecule has 0 saturated carbocycles. The summed E-state index contributed by atoms with van der Waals surface area (Å²) >= 11 is 0. The summed E-state index contributed by atoms with van der Waals surface area (Å²) in [6, 6.07) is 34.2. The standard InChI is InChI=1S/C36H39NO4/c1-37(23-24-41-30-20-16-27(17-21-30)25-34(40-2)36(38)39)35-32-13-7-6-11-29(32)19-22-31-28(12-8-14-33(31)35)18-15-26-9-4-3-5-10-26/h3-14,16-17,20-21,34-35H,15,18-19,22-25H2,1-2H3,(H,38,39). The molecule has 1 aliphatic rings. The van der Waals surface area contributed by atoms with E-state index < -0.39 is 12.1 Å². The number of nitrogens with zero attached hydrogens (tertiary/aromatic N) is 1. The number of fused-ring (bicyclic) bond motifs is 2. The Kier molecular flexibility index (Phi) is 9.50. The third-order valence-electron chi connectivity index (χ3n) is 8.18. The van der Waals surface area contributed by atoms with Crippen molar-refractivity contribution in [1.82, 2.24) is 4.90 Å². The van der Waals surface area contributed by atoms with Gasteiger partial charge in [-0.3, -0.25) is 4.90 Å². The van der Waals surface area contributed by atoms with Crippen LogP contribution in [0.5, 0.6) is 5.75 Å². The fraction of sp³-hybridized carbons (Fsp3) is 0.306. The molecule has 0 bridgehead atoms. The number of carboxylic acid groups (broad SMARTS) is 1. The molecule has 0 amide bonds. The molecule has 0 radical (unpaired) electrons. The molecule has 0 fully saturated rings.